The summed E-state index contributed by atoms with van der Waals surface area (Å²) in [6, 6.07) is 27.5. The van der Waals surface area contributed by atoms with Gasteiger partial charge in [-0.05, 0) is 86.3 Å². The van der Waals surface area contributed by atoms with Crippen LogP contribution in [0.3, 0.4) is 0 Å². The van der Waals surface area contributed by atoms with Gasteiger partial charge >= 0.3 is 35.9 Å². The van der Waals surface area contributed by atoms with Gasteiger partial charge in [-0.1, -0.05) is 136 Å². The van der Waals surface area contributed by atoms with Gasteiger partial charge in [-0.25, -0.2) is 14.4 Å². The van der Waals surface area contributed by atoms with Crippen LogP contribution >= 0.6 is 0 Å². The van der Waals surface area contributed by atoms with Crippen molar-refractivity contribution in [1.29, 1.82) is 0 Å². The number of carbonyl (C=O) groups excluding carboxylic acids is 11. The first kappa shape index (κ1) is 74.5. The van der Waals surface area contributed by atoms with Crippen LogP contribution in [-0.2, 0) is 99.1 Å². The third-order valence-electron chi connectivity index (χ3n) is 14.1. The van der Waals surface area contributed by atoms with Crippen molar-refractivity contribution in [3.63, 3.8) is 0 Å². The molecule has 93 heavy (non-hydrogen) atoms. The second kappa shape index (κ2) is 40.6. The van der Waals surface area contributed by atoms with Crippen molar-refractivity contribution < 1.29 is 90.6 Å². The van der Waals surface area contributed by atoms with Crippen molar-refractivity contribution in [1.82, 2.24) is 31.9 Å². The molecule has 25 nitrogen and oxygen atoms in total. The van der Waals surface area contributed by atoms with Gasteiger partial charge in [0.15, 0.2) is 0 Å². The van der Waals surface area contributed by atoms with Crippen molar-refractivity contribution >= 4 is 65.5 Å². The van der Waals surface area contributed by atoms with E-state index in [1.54, 1.807) is 75.4 Å². The standard InChI is InChI=1S/C68H88N6O19/c1-6-8-35-88-60(78)32-30-55(65(83)89-36-9-7-2)73-64(82)53(28-31-57(75)72-54(66(84)91-43-47-22-14-11-15-23-47)29-33-61(79)90-42-46-20-12-10-13-21-46)71-59(77)45-87-39-38-86-37-34-69-58(76)40-56(63(81)70-41-62(80)93-68(3,4)5)74-67(85)92-44-52-50-26-18-16-24-48(50)49-25-17-19-27-51(49)52/h10-27,52-56H,6-9,28-45H2,1-5H3,(H,69,76)(H,70,81)(H,71,77)(H,72,75)(H,73,82)(H,74,85). The van der Waals surface area contributed by atoms with Gasteiger partial charge in [0.25, 0.3) is 0 Å². The van der Waals surface area contributed by atoms with Gasteiger partial charge in [-0.3, -0.25) is 38.4 Å². The number of rotatable bonds is 41. The molecular formula is C68H88N6O19. The number of carbonyl (C=O) groups is 11. The van der Waals surface area contributed by atoms with Gasteiger partial charge in [0.05, 0.1) is 39.5 Å². The molecule has 4 atom stereocenters. The Labute approximate surface area is 542 Å². The molecule has 0 heterocycles. The summed E-state index contributed by atoms with van der Waals surface area (Å²) in [4.78, 5) is 146. The molecular weight excluding hydrogens is 1200 g/mol. The molecule has 0 saturated heterocycles. The molecule has 0 spiro atoms. The Morgan fingerprint density at radius 3 is 1.60 bits per heavy atom. The smallest absolute Gasteiger partial charge is 0.407 e. The Kier molecular flexibility index (Phi) is 32.5. The summed E-state index contributed by atoms with van der Waals surface area (Å²) in [7, 11) is 0. The number of esters is 5. The molecule has 5 rings (SSSR count). The lowest BCUT2D eigenvalue weighted by atomic mass is 9.98. The van der Waals surface area contributed by atoms with Gasteiger partial charge < -0.3 is 69.8 Å². The molecule has 1 aliphatic rings. The van der Waals surface area contributed by atoms with E-state index in [0.29, 0.717) is 24.8 Å². The van der Waals surface area contributed by atoms with E-state index in [-0.39, 0.29) is 97.4 Å². The normalized spacial score (nSPS) is 12.8. The molecule has 0 fully saturated rings. The molecule has 4 aromatic carbocycles. The highest BCUT2D eigenvalue weighted by molar-refractivity contribution is 5.93. The molecule has 0 aliphatic heterocycles. The lowest BCUT2D eigenvalue weighted by Crippen LogP contribution is -2.53. The number of ether oxygens (including phenoxy) is 8. The Balaban J connectivity index is 1.16. The summed E-state index contributed by atoms with van der Waals surface area (Å²) >= 11 is 0. The maximum absolute atomic E-state index is 14.1. The molecule has 6 amide bonds. The molecule has 6 N–H and O–H groups in total. The predicted octanol–water partition coefficient (Wildman–Crippen LogP) is 5.86. The maximum atomic E-state index is 14.1. The Morgan fingerprint density at radius 2 is 0.989 bits per heavy atom. The fraction of sp³-hybridized carbons (Fsp3) is 0.485. The minimum Gasteiger partial charge on any atom is -0.466 e. The largest absolute Gasteiger partial charge is 0.466 e. The molecule has 0 bridgehead atoms. The minimum atomic E-state index is -1.50. The van der Waals surface area contributed by atoms with Gasteiger partial charge in [0.1, 0.15) is 62.7 Å². The fourth-order valence-corrected chi connectivity index (χ4v) is 9.36. The zero-order chi connectivity index (χ0) is 67.4. The van der Waals surface area contributed by atoms with Crippen LogP contribution in [-0.4, -0.2) is 155 Å². The van der Waals surface area contributed by atoms with E-state index in [9.17, 15) is 52.7 Å². The van der Waals surface area contributed by atoms with E-state index < -0.39 is 121 Å². The summed E-state index contributed by atoms with van der Waals surface area (Å²) in [5, 5.41) is 15.2. The monoisotopic (exact) mass is 1290 g/mol. The van der Waals surface area contributed by atoms with Crippen LogP contribution in [0.1, 0.15) is 133 Å². The number of hydrogen-bond acceptors (Lipinski definition) is 19. The molecule has 0 aromatic heterocycles. The fourth-order valence-electron chi connectivity index (χ4n) is 9.36. The van der Waals surface area contributed by atoms with Crippen LogP contribution < -0.4 is 31.9 Å². The number of benzene rings is 4. The third-order valence-corrected chi connectivity index (χ3v) is 14.1. The van der Waals surface area contributed by atoms with E-state index in [1.807, 2.05) is 68.4 Å². The van der Waals surface area contributed by atoms with Gasteiger partial charge in [-0.15, -0.1) is 0 Å². The van der Waals surface area contributed by atoms with Crippen LogP contribution in [0.2, 0.25) is 0 Å². The van der Waals surface area contributed by atoms with Crippen molar-refractivity contribution in [3.8, 4) is 11.1 Å². The molecule has 25 heteroatoms. The summed E-state index contributed by atoms with van der Waals surface area (Å²) in [5.74, 6) is -7.98. The van der Waals surface area contributed by atoms with Crippen LogP contribution in [0.4, 0.5) is 4.79 Å². The lowest BCUT2D eigenvalue weighted by Gasteiger charge is -2.23. The Morgan fingerprint density at radius 1 is 0.462 bits per heavy atom. The highest BCUT2D eigenvalue weighted by Crippen LogP contribution is 2.44. The number of amides is 6. The molecule has 0 radical (unpaired) electrons. The van der Waals surface area contributed by atoms with Crippen molar-refractivity contribution in [2.45, 2.75) is 154 Å². The number of nitrogens with one attached hydrogen (secondary N) is 6. The van der Waals surface area contributed by atoms with Gasteiger partial charge in [-0.2, -0.15) is 0 Å². The van der Waals surface area contributed by atoms with Gasteiger partial charge in [0.2, 0.25) is 29.5 Å². The number of hydrogen-bond donors (Lipinski definition) is 6. The average Bonchev–Trinajstić information content (AvgIpc) is 1.62. The predicted molar refractivity (Wildman–Crippen MR) is 338 cm³/mol. The molecule has 4 aromatic rings. The van der Waals surface area contributed by atoms with Crippen molar-refractivity contribution in [2.24, 2.45) is 0 Å². The first-order valence-electron chi connectivity index (χ1n) is 31.4. The zero-order valence-corrected chi connectivity index (χ0v) is 53.6. The molecule has 4 unspecified atom stereocenters. The van der Waals surface area contributed by atoms with Crippen LogP contribution in [0.25, 0.3) is 11.1 Å². The van der Waals surface area contributed by atoms with E-state index in [2.05, 4.69) is 31.9 Å². The first-order chi connectivity index (χ1) is 44.7. The van der Waals surface area contributed by atoms with E-state index in [0.717, 1.165) is 34.2 Å². The zero-order valence-electron chi connectivity index (χ0n) is 53.6. The van der Waals surface area contributed by atoms with Crippen molar-refractivity contribution in [2.75, 3.05) is 59.3 Å². The summed E-state index contributed by atoms with van der Waals surface area (Å²) in [6.07, 6.45) is -0.748. The quantitative estimate of drug-likeness (QED) is 0.0172. The van der Waals surface area contributed by atoms with Crippen LogP contribution in [0.15, 0.2) is 109 Å². The average molecular weight is 1290 g/mol. The minimum absolute atomic E-state index is 0.0183. The molecule has 504 valence electrons. The Bertz CT molecular complexity index is 3040. The summed E-state index contributed by atoms with van der Waals surface area (Å²) in [6.45, 7) is 7.22. The molecule has 1 aliphatic carbocycles. The first-order valence-corrected chi connectivity index (χ1v) is 31.4. The number of fused-ring (bicyclic) bond motifs is 3. The SMILES string of the molecule is CCCCOC(=O)CCC(NC(=O)C(CCC(=O)NC(CCC(=O)OCc1ccccc1)C(=O)OCc1ccccc1)NC(=O)COCCOCCNC(=O)CC(NC(=O)OCC1c2ccccc2-c2ccccc21)C(=O)NCC(=O)OC(C)(C)C)C(=O)OCCCC. The number of alkyl carbamates (subject to hydrolysis) is 1. The van der Waals surface area contributed by atoms with E-state index in [1.165, 1.54) is 0 Å². The molecule has 0 saturated carbocycles. The topological polar surface area (TPSA) is 334 Å². The highest BCUT2D eigenvalue weighted by atomic mass is 16.6. The number of unbranched alkanes of at least 4 members (excludes halogenated alkanes) is 2. The summed E-state index contributed by atoms with van der Waals surface area (Å²) < 4.78 is 43.6. The van der Waals surface area contributed by atoms with Crippen LogP contribution in [0.5, 0.6) is 0 Å². The van der Waals surface area contributed by atoms with Crippen molar-refractivity contribution in [3.05, 3.63) is 131 Å². The summed E-state index contributed by atoms with van der Waals surface area (Å²) in [5.41, 5.74) is 4.52. The third kappa shape index (κ3) is 28.4. The lowest BCUT2D eigenvalue weighted by molar-refractivity contribution is -0.155. The second-order valence-corrected chi connectivity index (χ2v) is 22.8. The highest BCUT2D eigenvalue weighted by Gasteiger charge is 2.33. The van der Waals surface area contributed by atoms with E-state index in [4.69, 9.17) is 37.9 Å². The Hall–Kier alpha value is -9.23. The second-order valence-electron chi connectivity index (χ2n) is 22.8. The maximum Gasteiger partial charge on any atom is 0.407 e. The van der Waals surface area contributed by atoms with E-state index >= 15 is 0 Å². The van der Waals surface area contributed by atoms with Gasteiger partial charge in [0, 0.05) is 31.7 Å². The van der Waals surface area contributed by atoms with Crippen LogP contribution in [0, 0.1) is 0 Å².